The van der Waals surface area contributed by atoms with Crippen molar-refractivity contribution in [1.29, 1.82) is 0 Å². The lowest BCUT2D eigenvalue weighted by Gasteiger charge is -2.39. The molecule has 0 aromatic carbocycles. The first kappa shape index (κ1) is 21.8. The van der Waals surface area contributed by atoms with Gasteiger partial charge in [0.2, 0.25) is 0 Å². The van der Waals surface area contributed by atoms with Gasteiger partial charge in [-0.2, -0.15) is 0 Å². The predicted molar refractivity (Wildman–Crippen MR) is 94.4 cm³/mol. The van der Waals surface area contributed by atoms with Crippen LogP contribution in [0.15, 0.2) is 0 Å². The van der Waals surface area contributed by atoms with Gasteiger partial charge in [-0.15, -0.1) is 24.8 Å². The van der Waals surface area contributed by atoms with Gasteiger partial charge in [0.25, 0.3) is 0 Å². The summed E-state index contributed by atoms with van der Waals surface area (Å²) < 4.78 is 5.31. The number of alkyl carbamates (subject to hydrolysis) is 1. The van der Waals surface area contributed by atoms with Crippen LogP contribution in [-0.2, 0) is 4.74 Å². The van der Waals surface area contributed by atoms with Gasteiger partial charge in [0.1, 0.15) is 5.60 Å². The molecule has 5 nitrogen and oxygen atoms in total. The second kappa shape index (κ2) is 9.81. The molecule has 2 aliphatic rings. The number of nitrogens with zero attached hydrogens (tertiary/aromatic N) is 1. The van der Waals surface area contributed by atoms with Crippen LogP contribution in [0.4, 0.5) is 4.79 Å². The Bertz CT molecular complexity index is 323. The second-order valence-corrected chi connectivity index (χ2v) is 6.94. The number of hydrogen-bond donors (Lipinski definition) is 2. The summed E-state index contributed by atoms with van der Waals surface area (Å²) in [5.74, 6) is 0. The molecule has 2 fully saturated rings. The van der Waals surface area contributed by atoms with Crippen LogP contribution in [-0.4, -0.2) is 54.9 Å². The molecule has 0 unspecified atom stereocenters. The van der Waals surface area contributed by atoms with E-state index in [1.807, 2.05) is 20.8 Å². The molecule has 2 rings (SSSR count). The maximum Gasteiger partial charge on any atom is 0.407 e. The van der Waals surface area contributed by atoms with Gasteiger partial charge in [0.05, 0.1) is 0 Å². The average molecular weight is 356 g/mol. The average Bonchev–Trinajstić information content (AvgIpc) is 2.38. The standard InChI is InChI=1S/C15H29N3O2.2ClH/c1-15(2,3)20-14(19)17-12-4-6-13(7-5-12)18-10-8-16-9-11-18;;/h12-13,16H,4-11H2,1-3H3,(H,17,19);2*1H. The van der Waals surface area contributed by atoms with E-state index in [1.54, 1.807) is 0 Å². The lowest BCUT2D eigenvalue weighted by atomic mass is 9.90. The number of amides is 1. The van der Waals surface area contributed by atoms with E-state index in [1.165, 1.54) is 12.8 Å². The number of halogens is 2. The SMILES string of the molecule is CC(C)(C)OC(=O)NC1CCC(N2CCNCC2)CC1.Cl.Cl. The van der Waals surface area contributed by atoms with Crippen LogP contribution in [0, 0.1) is 0 Å². The maximum atomic E-state index is 11.8. The van der Waals surface area contributed by atoms with Crippen LogP contribution in [0.3, 0.4) is 0 Å². The van der Waals surface area contributed by atoms with Crippen molar-refractivity contribution < 1.29 is 9.53 Å². The summed E-state index contributed by atoms with van der Waals surface area (Å²) >= 11 is 0. The maximum absolute atomic E-state index is 11.8. The highest BCUT2D eigenvalue weighted by Gasteiger charge is 2.28. The van der Waals surface area contributed by atoms with E-state index < -0.39 is 5.60 Å². The van der Waals surface area contributed by atoms with Crippen molar-refractivity contribution in [2.45, 2.75) is 64.1 Å². The van der Waals surface area contributed by atoms with Gasteiger partial charge in [-0.3, -0.25) is 4.90 Å². The lowest BCUT2D eigenvalue weighted by molar-refractivity contribution is 0.0474. The Balaban J connectivity index is 0.00000220. The molecule has 1 amide bonds. The Morgan fingerprint density at radius 2 is 1.64 bits per heavy atom. The number of nitrogens with one attached hydrogen (secondary N) is 2. The Morgan fingerprint density at radius 1 is 1.09 bits per heavy atom. The second-order valence-electron chi connectivity index (χ2n) is 6.94. The zero-order chi connectivity index (χ0) is 14.6. The zero-order valence-corrected chi connectivity index (χ0v) is 15.5. The molecule has 1 saturated heterocycles. The van der Waals surface area contributed by atoms with E-state index in [9.17, 15) is 4.79 Å². The Labute approximate surface area is 146 Å². The summed E-state index contributed by atoms with van der Waals surface area (Å²) in [6.45, 7) is 10.2. The molecule has 1 aliphatic heterocycles. The number of piperazine rings is 1. The molecule has 0 atom stereocenters. The fourth-order valence-electron chi connectivity index (χ4n) is 3.11. The molecule has 1 aliphatic carbocycles. The van der Waals surface area contributed by atoms with Crippen LogP contribution < -0.4 is 10.6 Å². The molecule has 0 aromatic heterocycles. The minimum absolute atomic E-state index is 0. The van der Waals surface area contributed by atoms with Crippen molar-refractivity contribution in [3.05, 3.63) is 0 Å². The lowest BCUT2D eigenvalue weighted by Crippen LogP contribution is -2.51. The zero-order valence-electron chi connectivity index (χ0n) is 13.9. The summed E-state index contributed by atoms with van der Waals surface area (Å²) in [4.78, 5) is 14.4. The van der Waals surface area contributed by atoms with Crippen molar-refractivity contribution in [3.8, 4) is 0 Å². The van der Waals surface area contributed by atoms with Crippen molar-refractivity contribution in [3.63, 3.8) is 0 Å². The van der Waals surface area contributed by atoms with Crippen molar-refractivity contribution in [2.75, 3.05) is 26.2 Å². The minimum atomic E-state index is -0.415. The molecule has 132 valence electrons. The first-order valence-electron chi connectivity index (χ1n) is 7.88. The number of carbonyl (C=O) groups is 1. The number of carbonyl (C=O) groups excluding carboxylic acids is 1. The monoisotopic (exact) mass is 355 g/mol. The van der Waals surface area contributed by atoms with E-state index in [0.29, 0.717) is 6.04 Å². The summed E-state index contributed by atoms with van der Waals surface area (Å²) in [7, 11) is 0. The van der Waals surface area contributed by atoms with E-state index in [-0.39, 0.29) is 36.9 Å². The molecule has 1 heterocycles. The highest BCUT2D eigenvalue weighted by atomic mass is 35.5. The predicted octanol–water partition coefficient (Wildman–Crippen LogP) is 2.57. The Hall–Kier alpha value is -0.230. The van der Waals surface area contributed by atoms with Crippen molar-refractivity contribution >= 4 is 30.9 Å². The molecule has 1 saturated carbocycles. The van der Waals surface area contributed by atoms with E-state index in [2.05, 4.69) is 15.5 Å². The van der Waals surface area contributed by atoms with Crippen LogP contribution in [0.25, 0.3) is 0 Å². The quantitative estimate of drug-likeness (QED) is 0.799. The van der Waals surface area contributed by atoms with E-state index in [0.717, 1.165) is 39.0 Å². The van der Waals surface area contributed by atoms with Crippen LogP contribution >= 0.6 is 24.8 Å². The van der Waals surface area contributed by atoms with E-state index in [4.69, 9.17) is 4.74 Å². The fourth-order valence-corrected chi connectivity index (χ4v) is 3.11. The molecule has 7 heteroatoms. The van der Waals surface area contributed by atoms with Crippen LogP contribution in [0.5, 0.6) is 0 Å². The number of hydrogen-bond acceptors (Lipinski definition) is 4. The Kier molecular flexibility index (Phi) is 9.71. The third kappa shape index (κ3) is 7.36. The largest absolute Gasteiger partial charge is 0.444 e. The summed E-state index contributed by atoms with van der Waals surface area (Å²) in [6.07, 6.45) is 4.21. The number of rotatable bonds is 2. The Morgan fingerprint density at radius 3 is 2.14 bits per heavy atom. The first-order valence-corrected chi connectivity index (χ1v) is 7.88. The van der Waals surface area contributed by atoms with E-state index >= 15 is 0 Å². The first-order chi connectivity index (χ1) is 9.44. The van der Waals surface area contributed by atoms with Crippen molar-refractivity contribution in [2.24, 2.45) is 0 Å². The highest BCUT2D eigenvalue weighted by molar-refractivity contribution is 5.85. The van der Waals surface area contributed by atoms with Gasteiger partial charge in [0, 0.05) is 38.3 Å². The fraction of sp³-hybridized carbons (Fsp3) is 0.933. The van der Waals surface area contributed by atoms with Gasteiger partial charge in [-0.05, 0) is 46.5 Å². The van der Waals surface area contributed by atoms with Gasteiger partial charge in [-0.25, -0.2) is 4.79 Å². The van der Waals surface area contributed by atoms with Gasteiger partial charge in [-0.1, -0.05) is 0 Å². The van der Waals surface area contributed by atoms with Gasteiger partial charge < -0.3 is 15.4 Å². The van der Waals surface area contributed by atoms with Crippen molar-refractivity contribution in [1.82, 2.24) is 15.5 Å². The molecule has 0 bridgehead atoms. The molecular formula is C15H31Cl2N3O2. The number of ether oxygens (including phenoxy) is 1. The summed E-state index contributed by atoms with van der Waals surface area (Å²) in [6, 6.07) is 0.984. The molecule has 0 spiro atoms. The highest BCUT2D eigenvalue weighted by Crippen LogP contribution is 2.23. The van der Waals surface area contributed by atoms with Gasteiger partial charge >= 0.3 is 6.09 Å². The summed E-state index contributed by atoms with van der Waals surface area (Å²) in [5, 5.41) is 6.40. The molecule has 0 aromatic rings. The molecule has 0 radical (unpaired) electrons. The summed E-state index contributed by atoms with van der Waals surface area (Å²) in [5.41, 5.74) is -0.415. The van der Waals surface area contributed by atoms with Crippen LogP contribution in [0.1, 0.15) is 46.5 Å². The topological polar surface area (TPSA) is 53.6 Å². The molecular weight excluding hydrogens is 325 g/mol. The smallest absolute Gasteiger partial charge is 0.407 e. The van der Waals surface area contributed by atoms with Gasteiger partial charge in [0.15, 0.2) is 0 Å². The van der Waals surface area contributed by atoms with Crippen LogP contribution in [0.2, 0.25) is 0 Å². The normalized spacial score (nSPS) is 26.3. The molecule has 22 heavy (non-hydrogen) atoms. The molecule has 2 N–H and O–H groups in total. The third-order valence-electron chi connectivity index (χ3n) is 4.09. The third-order valence-corrected chi connectivity index (χ3v) is 4.09. The minimum Gasteiger partial charge on any atom is -0.444 e.